The summed E-state index contributed by atoms with van der Waals surface area (Å²) < 4.78 is 58.5. The Bertz CT molecular complexity index is 862. The number of amides is 1. The molecule has 0 saturated carbocycles. The fraction of sp³-hybridized carbons (Fsp3) is 0.350. The van der Waals surface area contributed by atoms with Gasteiger partial charge in [-0.3, -0.25) is 4.79 Å². The molecule has 0 aliphatic carbocycles. The molecule has 1 amide bonds. The van der Waals surface area contributed by atoms with Crippen LogP contribution in [0.15, 0.2) is 36.4 Å². The summed E-state index contributed by atoms with van der Waals surface area (Å²) in [5, 5.41) is 5.99. The number of hydrogen-bond acceptors (Lipinski definition) is 3. The first-order chi connectivity index (χ1) is 13.3. The quantitative estimate of drug-likeness (QED) is 0.763. The van der Waals surface area contributed by atoms with E-state index in [9.17, 15) is 22.4 Å². The van der Waals surface area contributed by atoms with Crippen molar-refractivity contribution in [1.82, 2.24) is 10.6 Å². The first-order valence-corrected chi connectivity index (χ1v) is 8.93. The third kappa shape index (κ3) is 4.62. The maximum Gasteiger partial charge on any atom is 0.261 e. The summed E-state index contributed by atoms with van der Waals surface area (Å²) in [5.41, 5.74) is 0.597. The lowest BCUT2D eigenvalue weighted by atomic mass is 9.86. The van der Waals surface area contributed by atoms with Gasteiger partial charge < -0.3 is 15.4 Å². The zero-order valence-electron chi connectivity index (χ0n) is 15.1. The number of carbonyl (C=O) groups excluding carboxylic acids is 1. The second-order valence-electron chi connectivity index (χ2n) is 6.72. The number of rotatable bonds is 5. The molecule has 28 heavy (non-hydrogen) atoms. The maximum atomic E-state index is 13.6. The summed E-state index contributed by atoms with van der Waals surface area (Å²) in [6.45, 7) is 2.61. The summed E-state index contributed by atoms with van der Waals surface area (Å²) in [4.78, 5) is 12.5. The van der Waals surface area contributed by atoms with E-state index < -0.39 is 35.3 Å². The predicted octanol–water partition coefficient (Wildman–Crippen LogP) is 3.27. The van der Waals surface area contributed by atoms with E-state index in [2.05, 4.69) is 10.6 Å². The molecule has 2 N–H and O–H groups in total. The van der Waals surface area contributed by atoms with Crippen LogP contribution in [0.4, 0.5) is 17.6 Å². The van der Waals surface area contributed by atoms with Gasteiger partial charge in [-0.15, -0.1) is 0 Å². The molecule has 3 rings (SSSR count). The van der Waals surface area contributed by atoms with Gasteiger partial charge in [0, 0.05) is 24.6 Å². The number of piperidine rings is 1. The van der Waals surface area contributed by atoms with Crippen molar-refractivity contribution < 1.29 is 27.1 Å². The highest BCUT2D eigenvalue weighted by Crippen LogP contribution is 2.27. The minimum Gasteiger partial charge on any atom is -0.481 e. The van der Waals surface area contributed by atoms with Gasteiger partial charge in [0.25, 0.3) is 5.91 Å². The Labute approximate surface area is 159 Å². The van der Waals surface area contributed by atoms with Crippen LogP contribution in [-0.2, 0) is 4.79 Å². The molecule has 0 radical (unpaired) electrons. The van der Waals surface area contributed by atoms with Crippen LogP contribution in [0.5, 0.6) is 5.75 Å². The van der Waals surface area contributed by atoms with Crippen molar-refractivity contribution in [1.29, 1.82) is 0 Å². The molecular weight excluding hydrogens is 376 g/mol. The summed E-state index contributed by atoms with van der Waals surface area (Å²) >= 11 is 0. The zero-order valence-corrected chi connectivity index (χ0v) is 15.1. The molecule has 1 saturated heterocycles. The average molecular weight is 396 g/mol. The summed E-state index contributed by atoms with van der Waals surface area (Å²) in [6, 6.07) is 6.38. The molecule has 0 bridgehead atoms. The Morgan fingerprint density at radius 3 is 2.43 bits per heavy atom. The van der Waals surface area contributed by atoms with Crippen molar-refractivity contribution >= 4 is 5.91 Å². The van der Waals surface area contributed by atoms with E-state index in [0.29, 0.717) is 25.1 Å². The van der Waals surface area contributed by atoms with Gasteiger partial charge in [0.1, 0.15) is 5.75 Å². The largest absolute Gasteiger partial charge is 0.481 e. The van der Waals surface area contributed by atoms with Crippen molar-refractivity contribution in [2.75, 3.05) is 13.1 Å². The molecule has 2 aromatic carbocycles. The molecule has 8 heteroatoms. The molecule has 1 heterocycles. The Kier molecular flexibility index (Phi) is 6.18. The number of carbonyl (C=O) groups is 1. The first-order valence-electron chi connectivity index (χ1n) is 8.93. The summed E-state index contributed by atoms with van der Waals surface area (Å²) in [6.07, 6.45) is -0.327. The van der Waals surface area contributed by atoms with Crippen LogP contribution >= 0.6 is 0 Å². The van der Waals surface area contributed by atoms with Crippen LogP contribution in [-0.4, -0.2) is 31.1 Å². The molecule has 150 valence electrons. The number of benzene rings is 2. The van der Waals surface area contributed by atoms with E-state index in [0.717, 1.165) is 24.3 Å². The number of nitrogens with one attached hydrogen (secondary N) is 2. The molecular formula is C20H20F4N2O2. The average Bonchev–Trinajstić information content (AvgIpc) is 2.67. The molecule has 1 fully saturated rings. The standard InChI is InChI=1S/C20H20F4N2O2/c1-11(28-13-3-5-16(22)18(24)9-13)20(27)26-19-10-25-7-6-14(19)12-2-4-15(21)17(23)8-12/h2-5,8-9,11,14,19,25H,6-7,10H2,1H3,(H,26,27). The highest BCUT2D eigenvalue weighted by molar-refractivity contribution is 5.81. The Morgan fingerprint density at radius 2 is 1.75 bits per heavy atom. The van der Waals surface area contributed by atoms with Gasteiger partial charge in [0.05, 0.1) is 0 Å². The number of hydrogen-bond donors (Lipinski definition) is 2. The van der Waals surface area contributed by atoms with Crippen LogP contribution < -0.4 is 15.4 Å². The molecule has 3 atom stereocenters. The molecule has 3 unspecified atom stereocenters. The number of ether oxygens (including phenoxy) is 1. The van der Waals surface area contributed by atoms with Crippen molar-refractivity contribution in [3.63, 3.8) is 0 Å². The third-order valence-corrected chi connectivity index (χ3v) is 4.75. The van der Waals surface area contributed by atoms with Gasteiger partial charge in [-0.2, -0.15) is 0 Å². The minimum absolute atomic E-state index is 0.0282. The second-order valence-corrected chi connectivity index (χ2v) is 6.72. The normalized spacial score (nSPS) is 20.5. The van der Waals surface area contributed by atoms with Gasteiger partial charge in [-0.25, -0.2) is 17.6 Å². The van der Waals surface area contributed by atoms with E-state index in [1.807, 2.05) is 0 Å². The van der Waals surface area contributed by atoms with Gasteiger partial charge in [0.2, 0.25) is 0 Å². The highest BCUT2D eigenvalue weighted by atomic mass is 19.2. The topological polar surface area (TPSA) is 50.4 Å². The summed E-state index contributed by atoms with van der Waals surface area (Å²) in [5.74, 6) is -4.56. The van der Waals surface area contributed by atoms with E-state index in [1.165, 1.54) is 19.1 Å². The number of halogens is 4. The molecule has 1 aliphatic rings. The van der Waals surface area contributed by atoms with Gasteiger partial charge in [0.15, 0.2) is 29.4 Å². The van der Waals surface area contributed by atoms with E-state index in [-0.39, 0.29) is 17.7 Å². The fourth-order valence-electron chi connectivity index (χ4n) is 3.26. The highest BCUT2D eigenvalue weighted by Gasteiger charge is 2.30. The molecule has 0 aromatic heterocycles. The monoisotopic (exact) mass is 396 g/mol. The van der Waals surface area contributed by atoms with Crippen molar-refractivity contribution in [3.8, 4) is 5.75 Å². The maximum absolute atomic E-state index is 13.6. The van der Waals surface area contributed by atoms with Gasteiger partial charge in [-0.05, 0) is 49.7 Å². The van der Waals surface area contributed by atoms with Crippen LogP contribution in [0.2, 0.25) is 0 Å². The Hall–Kier alpha value is -2.61. The lowest BCUT2D eigenvalue weighted by Gasteiger charge is -2.34. The molecule has 4 nitrogen and oxygen atoms in total. The second kappa shape index (κ2) is 8.60. The predicted molar refractivity (Wildman–Crippen MR) is 95.0 cm³/mol. The third-order valence-electron chi connectivity index (χ3n) is 4.75. The van der Waals surface area contributed by atoms with Gasteiger partial charge in [-0.1, -0.05) is 6.07 Å². The molecule has 1 aliphatic heterocycles. The van der Waals surface area contributed by atoms with Crippen molar-refractivity contribution in [2.45, 2.75) is 31.4 Å². The van der Waals surface area contributed by atoms with Crippen LogP contribution in [0.3, 0.4) is 0 Å². The van der Waals surface area contributed by atoms with Crippen molar-refractivity contribution in [2.24, 2.45) is 0 Å². The molecule has 2 aromatic rings. The minimum atomic E-state index is -1.07. The Morgan fingerprint density at radius 1 is 1.07 bits per heavy atom. The lowest BCUT2D eigenvalue weighted by molar-refractivity contribution is -0.128. The van der Waals surface area contributed by atoms with E-state index >= 15 is 0 Å². The zero-order chi connectivity index (χ0) is 20.3. The first kappa shape index (κ1) is 20.1. The Balaban J connectivity index is 1.67. The summed E-state index contributed by atoms with van der Waals surface area (Å²) in [7, 11) is 0. The van der Waals surface area contributed by atoms with Gasteiger partial charge >= 0.3 is 0 Å². The van der Waals surface area contributed by atoms with Crippen LogP contribution in [0.1, 0.15) is 24.8 Å². The van der Waals surface area contributed by atoms with Crippen molar-refractivity contribution in [3.05, 3.63) is 65.2 Å². The SMILES string of the molecule is CC(Oc1ccc(F)c(F)c1)C(=O)NC1CNCCC1c1ccc(F)c(F)c1. The van der Waals surface area contributed by atoms with Crippen LogP contribution in [0.25, 0.3) is 0 Å². The lowest BCUT2D eigenvalue weighted by Crippen LogP contribution is -2.52. The smallest absolute Gasteiger partial charge is 0.261 e. The van der Waals surface area contributed by atoms with E-state index in [1.54, 1.807) is 0 Å². The van der Waals surface area contributed by atoms with Crippen LogP contribution in [0, 0.1) is 23.3 Å². The fourth-order valence-corrected chi connectivity index (χ4v) is 3.26. The van der Waals surface area contributed by atoms with E-state index in [4.69, 9.17) is 4.74 Å². The molecule has 0 spiro atoms.